The molecule has 4 aromatic rings. The molecule has 0 saturated carbocycles. The van der Waals surface area contributed by atoms with Crippen molar-refractivity contribution in [2.75, 3.05) is 10.6 Å². The third-order valence-electron chi connectivity index (χ3n) is 4.32. The number of aromatic nitrogens is 1. The normalized spacial score (nSPS) is 10.8. The van der Waals surface area contributed by atoms with Crippen molar-refractivity contribution in [1.82, 2.24) is 4.98 Å². The van der Waals surface area contributed by atoms with Gasteiger partial charge in [-0.3, -0.25) is 9.59 Å². The number of fused-ring (bicyclic) bond motifs is 1. The molecule has 0 aliphatic carbocycles. The maximum Gasteiger partial charge on any atom is 0.314 e. The zero-order valence-electron chi connectivity index (χ0n) is 15.7. The highest BCUT2D eigenvalue weighted by molar-refractivity contribution is 7.21. The highest BCUT2D eigenvalue weighted by Crippen LogP contribution is 2.31. The summed E-state index contributed by atoms with van der Waals surface area (Å²) >= 11 is 1.57. The molecule has 0 aliphatic rings. The average Bonchev–Trinajstić information content (AvgIpc) is 3.13. The number of rotatable bonds is 3. The Hall–Kier alpha value is -3.65. The van der Waals surface area contributed by atoms with Gasteiger partial charge < -0.3 is 10.6 Å². The quantitative estimate of drug-likeness (QED) is 0.449. The molecule has 0 radical (unpaired) electrons. The Labute approximate surface area is 174 Å². The number of nitrogens with zero attached hydrogens (tertiary/aromatic N) is 1. The largest absolute Gasteiger partial charge is 0.318 e. The zero-order chi connectivity index (χ0) is 21.3. The van der Waals surface area contributed by atoms with E-state index in [4.69, 9.17) is 0 Å². The van der Waals surface area contributed by atoms with Crippen LogP contribution >= 0.6 is 11.3 Å². The summed E-state index contributed by atoms with van der Waals surface area (Å²) in [4.78, 5) is 28.7. The van der Waals surface area contributed by atoms with Gasteiger partial charge >= 0.3 is 11.8 Å². The van der Waals surface area contributed by atoms with Crippen LogP contribution < -0.4 is 10.6 Å². The molecular weight excluding hydrogens is 408 g/mol. The second-order valence-corrected chi connectivity index (χ2v) is 7.63. The van der Waals surface area contributed by atoms with Gasteiger partial charge in [0.25, 0.3) is 0 Å². The van der Waals surface area contributed by atoms with Crippen LogP contribution in [0, 0.1) is 18.6 Å². The first-order valence-electron chi connectivity index (χ1n) is 8.94. The van der Waals surface area contributed by atoms with E-state index in [1.54, 1.807) is 35.6 Å². The van der Waals surface area contributed by atoms with Crippen molar-refractivity contribution in [3.63, 3.8) is 0 Å². The smallest absolute Gasteiger partial charge is 0.314 e. The number of thiazole rings is 1. The molecule has 0 aliphatic heterocycles. The summed E-state index contributed by atoms with van der Waals surface area (Å²) in [5.74, 6) is -3.78. The minimum atomic E-state index is -1.06. The number of amides is 2. The standard InChI is InChI=1S/C22H15F2N3O2S/c1-12-2-8-18-19(10-12)30-22(27-18)13-3-6-15(7-4-13)25-20(28)21(29)26-17-9-5-14(23)11-16(17)24/h2-11H,1H3,(H,25,28)(H,26,29). The molecule has 0 fully saturated rings. The fourth-order valence-corrected chi connectivity index (χ4v) is 3.88. The molecule has 0 bridgehead atoms. The van der Waals surface area contributed by atoms with Gasteiger partial charge in [-0.1, -0.05) is 6.07 Å². The van der Waals surface area contributed by atoms with E-state index in [0.717, 1.165) is 38.5 Å². The number of hydrogen-bond donors (Lipinski definition) is 2. The molecule has 0 unspecified atom stereocenters. The van der Waals surface area contributed by atoms with Crippen molar-refractivity contribution < 1.29 is 18.4 Å². The van der Waals surface area contributed by atoms with E-state index < -0.39 is 23.4 Å². The van der Waals surface area contributed by atoms with Gasteiger partial charge in [0.2, 0.25) is 0 Å². The van der Waals surface area contributed by atoms with Crippen LogP contribution in [0.4, 0.5) is 20.2 Å². The molecule has 0 atom stereocenters. The summed E-state index contributed by atoms with van der Waals surface area (Å²) in [6, 6.07) is 15.6. The summed E-state index contributed by atoms with van der Waals surface area (Å²) in [7, 11) is 0. The number of anilines is 2. The molecule has 0 spiro atoms. The van der Waals surface area contributed by atoms with Gasteiger partial charge in [-0.15, -0.1) is 11.3 Å². The Morgan fingerprint density at radius 3 is 2.37 bits per heavy atom. The first kappa shape index (κ1) is 19.7. The lowest BCUT2D eigenvalue weighted by Crippen LogP contribution is -2.29. The Kier molecular flexibility index (Phi) is 5.24. The average molecular weight is 423 g/mol. The molecule has 2 amide bonds. The van der Waals surface area contributed by atoms with Crippen molar-refractivity contribution in [1.29, 1.82) is 0 Å². The summed E-state index contributed by atoms with van der Waals surface area (Å²) < 4.78 is 27.6. The third-order valence-corrected chi connectivity index (χ3v) is 5.39. The van der Waals surface area contributed by atoms with E-state index in [1.165, 1.54) is 0 Å². The van der Waals surface area contributed by atoms with Gasteiger partial charge in [-0.2, -0.15) is 0 Å². The van der Waals surface area contributed by atoms with Gasteiger partial charge in [-0.25, -0.2) is 13.8 Å². The van der Waals surface area contributed by atoms with Crippen LogP contribution in [0.25, 0.3) is 20.8 Å². The lowest BCUT2D eigenvalue weighted by atomic mass is 10.2. The molecular formula is C22H15F2N3O2S. The van der Waals surface area contributed by atoms with Gasteiger partial charge in [0.05, 0.1) is 15.9 Å². The number of aryl methyl sites for hydroxylation is 1. The van der Waals surface area contributed by atoms with E-state index >= 15 is 0 Å². The number of carbonyl (C=O) groups is 2. The summed E-state index contributed by atoms with van der Waals surface area (Å²) in [6.07, 6.45) is 0. The zero-order valence-corrected chi connectivity index (χ0v) is 16.5. The van der Waals surface area contributed by atoms with Crippen molar-refractivity contribution in [2.24, 2.45) is 0 Å². The van der Waals surface area contributed by atoms with Crippen LogP contribution in [0.1, 0.15) is 5.56 Å². The minimum absolute atomic E-state index is 0.280. The molecule has 1 heterocycles. The second kappa shape index (κ2) is 8.00. The van der Waals surface area contributed by atoms with Gasteiger partial charge in [0.1, 0.15) is 16.6 Å². The van der Waals surface area contributed by atoms with Crippen LogP contribution in [0.5, 0.6) is 0 Å². The van der Waals surface area contributed by atoms with Gasteiger partial charge in [-0.05, 0) is 61.0 Å². The number of hydrogen-bond acceptors (Lipinski definition) is 4. The molecule has 150 valence electrons. The van der Waals surface area contributed by atoms with Crippen molar-refractivity contribution >= 4 is 44.7 Å². The van der Waals surface area contributed by atoms with Crippen molar-refractivity contribution in [3.05, 3.63) is 77.9 Å². The van der Waals surface area contributed by atoms with Crippen LogP contribution in [0.2, 0.25) is 0 Å². The predicted octanol–water partition coefficient (Wildman–Crippen LogP) is 5.13. The third kappa shape index (κ3) is 4.18. The van der Waals surface area contributed by atoms with Crippen LogP contribution in [0.15, 0.2) is 60.7 Å². The first-order chi connectivity index (χ1) is 14.4. The molecule has 8 heteroatoms. The van der Waals surface area contributed by atoms with E-state index in [2.05, 4.69) is 21.7 Å². The molecule has 5 nitrogen and oxygen atoms in total. The monoisotopic (exact) mass is 423 g/mol. The Morgan fingerprint density at radius 2 is 1.63 bits per heavy atom. The van der Waals surface area contributed by atoms with Crippen LogP contribution in [-0.4, -0.2) is 16.8 Å². The first-order valence-corrected chi connectivity index (χ1v) is 9.76. The van der Waals surface area contributed by atoms with Crippen molar-refractivity contribution in [2.45, 2.75) is 6.92 Å². The molecule has 0 saturated heterocycles. The SMILES string of the molecule is Cc1ccc2nc(-c3ccc(NC(=O)C(=O)Nc4ccc(F)cc4F)cc3)sc2c1. The van der Waals surface area contributed by atoms with Gasteiger partial charge in [0, 0.05) is 17.3 Å². The lowest BCUT2D eigenvalue weighted by molar-refractivity contribution is -0.133. The number of nitrogens with one attached hydrogen (secondary N) is 2. The predicted molar refractivity (Wildman–Crippen MR) is 113 cm³/mol. The number of benzene rings is 3. The van der Waals surface area contributed by atoms with Gasteiger partial charge in [0.15, 0.2) is 0 Å². The van der Waals surface area contributed by atoms with Crippen molar-refractivity contribution in [3.8, 4) is 10.6 Å². The Balaban J connectivity index is 1.44. The summed E-state index contributed by atoms with van der Waals surface area (Å²) in [5.41, 5.74) is 3.08. The highest BCUT2D eigenvalue weighted by Gasteiger charge is 2.16. The molecule has 4 rings (SSSR count). The lowest BCUT2D eigenvalue weighted by Gasteiger charge is -2.08. The maximum atomic E-state index is 13.6. The van der Waals surface area contributed by atoms with E-state index in [9.17, 15) is 18.4 Å². The molecule has 30 heavy (non-hydrogen) atoms. The topological polar surface area (TPSA) is 71.1 Å². The minimum Gasteiger partial charge on any atom is -0.318 e. The van der Waals surface area contributed by atoms with E-state index in [1.807, 2.05) is 19.1 Å². The Morgan fingerprint density at radius 1 is 0.900 bits per heavy atom. The summed E-state index contributed by atoms with van der Waals surface area (Å²) in [5, 5.41) is 5.40. The molecule has 2 N–H and O–H groups in total. The van der Waals surface area contributed by atoms with E-state index in [-0.39, 0.29) is 5.69 Å². The molecule has 3 aromatic carbocycles. The fraction of sp³-hybridized carbons (Fsp3) is 0.0455. The van der Waals surface area contributed by atoms with Crippen LogP contribution in [0.3, 0.4) is 0 Å². The highest BCUT2D eigenvalue weighted by atomic mass is 32.1. The summed E-state index contributed by atoms with van der Waals surface area (Å²) in [6.45, 7) is 2.02. The van der Waals surface area contributed by atoms with Crippen LogP contribution in [-0.2, 0) is 9.59 Å². The Bertz CT molecular complexity index is 1270. The number of halogens is 2. The fourth-order valence-electron chi connectivity index (χ4n) is 2.81. The number of carbonyl (C=O) groups excluding carboxylic acids is 2. The molecule has 1 aromatic heterocycles. The second-order valence-electron chi connectivity index (χ2n) is 6.60. The van der Waals surface area contributed by atoms with E-state index in [0.29, 0.717) is 11.8 Å². The maximum absolute atomic E-state index is 13.6.